The van der Waals surface area contributed by atoms with Crippen LogP contribution in [0.4, 0.5) is 4.39 Å². The molecule has 144 valence electrons. The van der Waals surface area contributed by atoms with Gasteiger partial charge in [-0.2, -0.15) is 0 Å². The van der Waals surface area contributed by atoms with Crippen LogP contribution in [0.25, 0.3) is 0 Å². The molecule has 1 unspecified atom stereocenters. The molecule has 0 aliphatic carbocycles. The third kappa shape index (κ3) is 5.40. The van der Waals surface area contributed by atoms with Gasteiger partial charge in [-0.05, 0) is 43.5 Å². The second kappa shape index (κ2) is 8.81. The maximum atomic E-state index is 13.0. The Kier molecular flexibility index (Phi) is 6.24. The summed E-state index contributed by atoms with van der Waals surface area (Å²) in [6.45, 7) is 4.16. The first-order valence-corrected chi connectivity index (χ1v) is 9.11. The number of nitrogens with zero attached hydrogens (tertiary/aromatic N) is 1. The summed E-state index contributed by atoms with van der Waals surface area (Å²) in [6.07, 6.45) is 4.45. The number of carbonyl (C=O) groups is 2. The van der Waals surface area contributed by atoms with Gasteiger partial charge in [0, 0.05) is 25.7 Å². The van der Waals surface area contributed by atoms with Crippen LogP contribution in [0.3, 0.4) is 0 Å². The molecule has 2 aromatic rings. The highest BCUT2D eigenvalue weighted by Gasteiger charge is 2.24. The number of halogens is 1. The number of furan rings is 1. The van der Waals surface area contributed by atoms with Crippen molar-refractivity contribution in [3.05, 3.63) is 59.8 Å². The van der Waals surface area contributed by atoms with E-state index < -0.39 is 6.04 Å². The molecule has 0 saturated carbocycles. The van der Waals surface area contributed by atoms with Gasteiger partial charge in [0.1, 0.15) is 18.1 Å². The van der Waals surface area contributed by atoms with E-state index in [9.17, 15) is 14.0 Å². The highest BCUT2D eigenvalue weighted by atomic mass is 19.1. The van der Waals surface area contributed by atoms with E-state index in [1.54, 1.807) is 25.1 Å². The van der Waals surface area contributed by atoms with Crippen molar-refractivity contribution in [1.29, 1.82) is 0 Å². The van der Waals surface area contributed by atoms with E-state index in [1.807, 2.05) is 0 Å². The largest absolute Gasteiger partial charge is 0.472 e. The van der Waals surface area contributed by atoms with Crippen molar-refractivity contribution in [2.75, 3.05) is 13.1 Å². The second-order valence-electron chi connectivity index (χ2n) is 6.89. The van der Waals surface area contributed by atoms with Crippen molar-refractivity contribution in [1.82, 2.24) is 15.5 Å². The fourth-order valence-corrected chi connectivity index (χ4v) is 3.15. The van der Waals surface area contributed by atoms with Crippen LogP contribution in [0.1, 0.15) is 35.7 Å². The first-order valence-electron chi connectivity index (χ1n) is 9.11. The predicted molar refractivity (Wildman–Crippen MR) is 98.5 cm³/mol. The summed E-state index contributed by atoms with van der Waals surface area (Å²) in [5, 5.41) is 5.67. The molecule has 2 heterocycles. The number of nitrogens with one attached hydrogen (secondary N) is 2. The summed E-state index contributed by atoms with van der Waals surface area (Å²) in [4.78, 5) is 26.6. The molecule has 2 amide bonds. The Morgan fingerprint density at radius 2 is 1.93 bits per heavy atom. The topological polar surface area (TPSA) is 74.6 Å². The molecule has 0 spiro atoms. The highest BCUT2D eigenvalue weighted by molar-refractivity contribution is 5.97. The summed E-state index contributed by atoms with van der Waals surface area (Å²) in [5.41, 5.74) is 1.47. The minimum atomic E-state index is -0.621. The van der Waals surface area contributed by atoms with Crippen LogP contribution >= 0.6 is 0 Å². The SMILES string of the molecule is CC(NC(=O)c1ccoc1)C(=O)NC1CCN(Cc2ccc(F)cc2)CC1. The molecule has 1 atom stereocenters. The van der Waals surface area contributed by atoms with Gasteiger partial charge >= 0.3 is 0 Å². The zero-order chi connectivity index (χ0) is 19.2. The van der Waals surface area contributed by atoms with Gasteiger partial charge in [-0.25, -0.2) is 4.39 Å². The smallest absolute Gasteiger partial charge is 0.255 e. The maximum absolute atomic E-state index is 13.0. The fraction of sp³-hybridized carbons (Fsp3) is 0.400. The molecule has 0 radical (unpaired) electrons. The van der Waals surface area contributed by atoms with E-state index >= 15 is 0 Å². The van der Waals surface area contributed by atoms with Crippen molar-refractivity contribution >= 4 is 11.8 Å². The third-order valence-electron chi connectivity index (χ3n) is 4.78. The van der Waals surface area contributed by atoms with Crippen LogP contribution < -0.4 is 10.6 Å². The van der Waals surface area contributed by atoms with Crippen molar-refractivity contribution < 1.29 is 18.4 Å². The van der Waals surface area contributed by atoms with Crippen LogP contribution in [-0.4, -0.2) is 41.9 Å². The fourth-order valence-electron chi connectivity index (χ4n) is 3.15. The summed E-state index contributed by atoms with van der Waals surface area (Å²) < 4.78 is 17.9. The van der Waals surface area contributed by atoms with Crippen molar-refractivity contribution in [2.45, 2.75) is 38.4 Å². The lowest BCUT2D eigenvalue weighted by atomic mass is 10.0. The summed E-state index contributed by atoms with van der Waals surface area (Å²) >= 11 is 0. The Hall–Kier alpha value is -2.67. The average Bonchev–Trinajstić information content (AvgIpc) is 3.20. The maximum Gasteiger partial charge on any atom is 0.255 e. The predicted octanol–water partition coefficient (Wildman–Crippen LogP) is 2.32. The Bertz CT molecular complexity index is 753. The minimum Gasteiger partial charge on any atom is -0.472 e. The molecule has 7 heteroatoms. The Balaban J connectivity index is 1.41. The second-order valence-corrected chi connectivity index (χ2v) is 6.89. The monoisotopic (exact) mass is 373 g/mol. The van der Waals surface area contributed by atoms with Gasteiger partial charge in [-0.15, -0.1) is 0 Å². The van der Waals surface area contributed by atoms with Crippen LogP contribution in [-0.2, 0) is 11.3 Å². The van der Waals surface area contributed by atoms with E-state index in [1.165, 1.54) is 24.7 Å². The summed E-state index contributed by atoms with van der Waals surface area (Å²) in [6, 6.07) is 7.57. The van der Waals surface area contributed by atoms with Gasteiger partial charge in [0.25, 0.3) is 5.91 Å². The number of hydrogen-bond acceptors (Lipinski definition) is 4. The number of amides is 2. The van der Waals surface area contributed by atoms with E-state index in [-0.39, 0.29) is 23.7 Å². The number of piperidine rings is 1. The highest BCUT2D eigenvalue weighted by Crippen LogP contribution is 2.14. The van der Waals surface area contributed by atoms with Gasteiger partial charge in [-0.3, -0.25) is 14.5 Å². The van der Waals surface area contributed by atoms with Crippen LogP contribution in [0.5, 0.6) is 0 Å². The summed E-state index contributed by atoms with van der Waals surface area (Å²) in [7, 11) is 0. The number of rotatable bonds is 6. The molecular formula is C20H24FN3O3. The van der Waals surface area contributed by atoms with E-state index in [2.05, 4.69) is 15.5 Å². The molecule has 1 saturated heterocycles. The van der Waals surface area contributed by atoms with Gasteiger partial charge in [0.15, 0.2) is 0 Å². The average molecular weight is 373 g/mol. The molecule has 1 aliphatic rings. The van der Waals surface area contributed by atoms with E-state index in [0.29, 0.717) is 5.56 Å². The van der Waals surface area contributed by atoms with Crippen LogP contribution in [0, 0.1) is 5.82 Å². The lowest BCUT2D eigenvalue weighted by molar-refractivity contribution is -0.123. The third-order valence-corrected chi connectivity index (χ3v) is 4.78. The first kappa shape index (κ1) is 19.1. The summed E-state index contributed by atoms with van der Waals surface area (Å²) in [5.74, 6) is -0.751. The quantitative estimate of drug-likeness (QED) is 0.815. The molecule has 3 rings (SSSR count). The van der Waals surface area contributed by atoms with Crippen molar-refractivity contribution in [2.24, 2.45) is 0 Å². The van der Waals surface area contributed by atoms with Gasteiger partial charge in [0.2, 0.25) is 5.91 Å². The molecule has 2 N–H and O–H groups in total. The van der Waals surface area contributed by atoms with Crippen LogP contribution in [0.15, 0.2) is 47.3 Å². The molecule has 1 aromatic heterocycles. The lowest BCUT2D eigenvalue weighted by Gasteiger charge is -2.33. The van der Waals surface area contributed by atoms with Gasteiger partial charge < -0.3 is 15.1 Å². The number of hydrogen-bond donors (Lipinski definition) is 2. The molecule has 0 bridgehead atoms. The van der Waals surface area contributed by atoms with Crippen molar-refractivity contribution in [3.63, 3.8) is 0 Å². The van der Waals surface area contributed by atoms with E-state index in [0.717, 1.165) is 38.0 Å². The first-order chi connectivity index (χ1) is 13.0. The molecule has 1 aromatic carbocycles. The Morgan fingerprint density at radius 1 is 1.22 bits per heavy atom. The molecule has 6 nitrogen and oxygen atoms in total. The van der Waals surface area contributed by atoms with Gasteiger partial charge in [0.05, 0.1) is 11.8 Å². The van der Waals surface area contributed by atoms with Crippen LogP contribution in [0.2, 0.25) is 0 Å². The van der Waals surface area contributed by atoms with Gasteiger partial charge in [-0.1, -0.05) is 12.1 Å². The number of likely N-dealkylation sites (tertiary alicyclic amines) is 1. The Labute approximate surface area is 157 Å². The standard InChI is InChI=1S/C20H24FN3O3/c1-14(22-20(26)16-8-11-27-13-16)19(25)23-18-6-9-24(10-7-18)12-15-2-4-17(21)5-3-15/h2-5,8,11,13-14,18H,6-7,9-10,12H2,1H3,(H,22,26)(H,23,25). The number of benzene rings is 1. The molecule has 1 aliphatic heterocycles. The zero-order valence-corrected chi connectivity index (χ0v) is 15.3. The van der Waals surface area contributed by atoms with Crippen molar-refractivity contribution in [3.8, 4) is 0 Å². The van der Waals surface area contributed by atoms with E-state index in [4.69, 9.17) is 4.42 Å². The normalized spacial score (nSPS) is 16.7. The minimum absolute atomic E-state index is 0.0928. The molecular weight excluding hydrogens is 349 g/mol. The Morgan fingerprint density at radius 3 is 2.56 bits per heavy atom. The lowest BCUT2D eigenvalue weighted by Crippen LogP contribution is -2.50. The zero-order valence-electron chi connectivity index (χ0n) is 15.3. The molecule has 27 heavy (non-hydrogen) atoms. The number of carbonyl (C=O) groups excluding carboxylic acids is 2. The molecule has 1 fully saturated rings.